The molecule has 0 aliphatic rings. The number of benzene rings is 2. The van der Waals surface area contributed by atoms with Crippen LogP contribution < -0.4 is 15.4 Å². The summed E-state index contributed by atoms with van der Waals surface area (Å²) in [5.41, 5.74) is 3.46. The molecule has 150 valence electrons. The minimum Gasteiger partial charge on any atom is -0.492 e. The first-order valence-electron chi connectivity index (χ1n) is 9.28. The summed E-state index contributed by atoms with van der Waals surface area (Å²) in [5, 5.41) is 7.81. The van der Waals surface area contributed by atoms with E-state index in [9.17, 15) is 9.59 Å². The summed E-state index contributed by atoms with van der Waals surface area (Å²) >= 11 is 1.30. The largest absolute Gasteiger partial charge is 0.492 e. The van der Waals surface area contributed by atoms with Crippen LogP contribution in [-0.4, -0.2) is 29.9 Å². The van der Waals surface area contributed by atoms with E-state index in [0.717, 1.165) is 16.9 Å². The predicted molar refractivity (Wildman–Crippen MR) is 115 cm³/mol. The molecule has 0 spiro atoms. The van der Waals surface area contributed by atoms with Gasteiger partial charge in [0.2, 0.25) is 5.91 Å². The van der Waals surface area contributed by atoms with E-state index in [-0.39, 0.29) is 18.2 Å². The molecule has 0 saturated heterocycles. The maximum Gasteiger partial charge on any atom is 0.257 e. The lowest BCUT2D eigenvalue weighted by Gasteiger charge is -2.09. The van der Waals surface area contributed by atoms with E-state index >= 15 is 0 Å². The number of amides is 2. The van der Waals surface area contributed by atoms with Crippen LogP contribution in [-0.2, 0) is 11.2 Å². The number of hydrogen-bond donors (Lipinski definition) is 2. The highest BCUT2D eigenvalue weighted by Gasteiger charge is 2.11. The van der Waals surface area contributed by atoms with Crippen molar-refractivity contribution in [3.63, 3.8) is 0 Å². The van der Waals surface area contributed by atoms with E-state index in [0.29, 0.717) is 29.5 Å². The number of carbonyl (C=O) groups is 2. The average molecular weight is 410 g/mol. The van der Waals surface area contributed by atoms with Gasteiger partial charge in [-0.3, -0.25) is 14.9 Å². The number of nitrogens with zero attached hydrogens (tertiary/aromatic N) is 1. The highest BCUT2D eigenvalue weighted by molar-refractivity contribution is 7.14. The van der Waals surface area contributed by atoms with E-state index < -0.39 is 0 Å². The smallest absolute Gasteiger partial charge is 0.257 e. The zero-order valence-electron chi connectivity index (χ0n) is 16.4. The molecular weight excluding hydrogens is 386 g/mol. The monoisotopic (exact) mass is 409 g/mol. The molecular formula is C22H23N3O3S. The Morgan fingerprint density at radius 2 is 1.79 bits per heavy atom. The van der Waals surface area contributed by atoms with Crippen molar-refractivity contribution in [1.82, 2.24) is 10.3 Å². The van der Waals surface area contributed by atoms with Gasteiger partial charge in [0.1, 0.15) is 12.4 Å². The van der Waals surface area contributed by atoms with Gasteiger partial charge < -0.3 is 10.1 Å². The van der Waals surface area contributed by atoms with Crippen LogP contribution in [0.4, 0.5) is 5.13 Å². The lowest BCUT2D eigenvalue weighted by atomic mass is 10.1. The Labute approximate surface area is 173 Å². The van der Waals surface area contributed by atoms with Gasteiger partial charge in [0.25, 0.3) is 5.91 Å². The summed E-state index contributed by atoms with van der Waals surface area (Å²) < 4.78 is 5.68. The molecule has 0 aliphatic heterocycles. The number of nitrogens with one attached hydrogen (secondary N) is 2. The van der Waals surface area contributed by atoms with Crippen molar-refractivity contribution < 1.29 is 14.3 Å². The topological polar surface area (TPSA) is 80.3 Å². The number of carbonyl (C=O) groups excluding carboxylic acids is 2. The molecule has 0 bridgehead atoms. The van der Waals surface area contributed by atoms with Crippen LogP contribution in [0.5, 0.6) is 5.75 Å². The Morgan fingerprint density at radius 3 is 2.52 bits per heavy atom. The van der Waals surface area contributed by atoms with Gasteiger partial charge in [-0.1, -0.05) is 24.3 Å². The van der Waals surface area contributed by atoms with Crippen molar-refractivity contribution in [2.24, 2.45) is 0 Å². The molecule has 1 heterocycles. The first-order valence-corrected chi connectivity index (χ1v) is 10.2. The molecule has 29 heavy (non-hydrogen) atoms. The molecule has 0 aliphatic carbocycles. The van der Waals surface area contributed by atoms with Gasteiger partial charge >= 0.3 is 0 Å². The summed E-state index contributed by atoms with van der Waals surface area (Å²) in [4.78, 5) is 28.5. The molecule has 0 radical (unpaired) electrons. The number of thiazole rings is 1. The van der Waals surface area contributed by atoms with E-state index in [1.54, 1.807) is 29.6 Å². The van der Waals surface area contributed by atoms with Gasteiger partial charge in [0.05, 0.1) is 18.7 Å². The zero-order chi connectivity index (χ0) is 20.6. The minimum absolute atomic E-state index is 0.139. The quantitative estimate of drug-likeness (QED) is 0.555. The van der Waals surface area contributed by atoms with E-state index in [1.807, 2.05) is 32.0 Å². The normalized spacial score (nSPS) is 10.4. The molecule has 6 nitrogen and oxygen atoms in total. The van der Waals surface area contributed by atoms with Crippen LogP contribution in [0.3, 0.4) is 0 Å². The van der Waals surface area contributed by atoms with Crippen LogP contribution in [0, 0.1) is 13.8 Å². The Kier molecular flexibility index (Phi) is 6.97. The Balaban J connectivity index is 1.41. The van der Waals surface area contributed by atoms with Crippen molar-refractivity contribution in [2.45, 2.75) is 20.3 Å². The second-order valence-corrected chi connectivity index (χ2v) is 7.52. The number of hydrogen-bond acceptors (Lipinski definition) is 5. The summed E-state index contributed by atoms with van der Waals surface area (Å²) in [6.07, 6.45) is 0.154. The fourth-order valence-electron chi connectivity index (χ4n) is 2.81. The summed E-state index contributed by atoms with van der Waals surface area (Å²) in [7, 11) is 0. The average Bonchev–Trinajstić information content (AvgIpc) is 3.12. The third kappa shape index (κ3) is 6.43. The highest BCUT2D eigenvalue weighted by Crippen LogP contribution is 2.17. The van der Waals surface area contributed by atoms with Crippen LogP contribution in [0.15, 0.2) is 53.9 Å². The molecule has 1 aromatic heterocycles. The van der Waals surface area contributed by atoms with E-state index in [4.69, 9.17) is 4.74 Å². The second-order valence-electron chi connectivity index (χ2n) is 6.66. The first kappa shape index (κ1) is 20.5. The van der Waals surface area contributed by atoms with Gasteiger partial charge in [-0.05, 0) is 49.2 Å². The Morgan fingerprint density at radius 1 is 1.07 bits per heavy atom. The van der Waals surface area contributed by atoms with Crippen LogP contribution in [0.2, 0.25) is 0 Å². The molecule has 2 N–H and O–H groups in total. The number of aromatic nitrogens is 1. The fourth-order valence-corrected chi connectivity index (χ4v) is 3.51. The summed E-state index contributed by atoms with van der Waals surface area (Å²) in [6.45, 7) is 4.84. The van der Waals surface area contributed by atoms with Crippen molar-refractivity contribution in [2.75, 3.05) is 18.5 Å². The molecule has 0 unspecified atom stereocenters. The Bertz CT molecular complexity index is 966. The van der Waals surface area contributed by atoms with Crippen molar-refractivity contribution in [3.8, 4) is 5.75 Å². The molecule has 0 fully saturated rings. The number of aryl methyl sites for hydroxylation is 2. The number of ether oxygens (including phenoxy) is 1. The molecule has 3 aromatic rings. The third-order valence-electron chi connectivity index (χ3n) is 4.04. The fraction of sp³-hybridized carbons (Fsp3) is 0.227. The molecule has 3 rings (SSSR count). The van der Waals surface area contributed by atoms with Gasteiger partial charge in [-0.25, -0.2) is 4.98 Å². The zero-order valence-corrected chi connectivity index (χ0v) is 17.2. The molecule has 0 atom stereocenters. The van der Waals surface area contributed by atoms with Crippen LogP contribution in [0.1, 0.15) is 27.2 Å². The van der Waals surface area contributed by atoms with Crippen LogP contribution >= 0.6 is 11.3 Å². The molecule has 2 aromatic carbocycles. The second kappa shape index (κ2) is 9.84. The summed E-state index contributed by atoms with van der Waals surface area (Å²) in [6, 6.07) is 14.9. The maximum atomic E-state index is 12.1. The van der Waals surface area contributed by atoms with E-state index in [1.165, 1.54) is 11.3 Å². The highest BCUT2D eigenvalue weighted by atomic mass is 32.1. The van der Waals surface area contributed by atoms with Gasteiger partial charge in [-0.15, -0.1) is 11.3 Å². The SMILES string of the molecule is Cc1cc(C)cc(OCCNC(=O)Cc2csc(NC(=O)c3ccccc3)n2)c1. The first-order chi connectivity index (χ1) is 14.0. The van der Waals surface area contributed by atoms with Gasteiger partial charge in [0.15, 0.2) is 5.13 Å². The van der Waals surface area contributed by atoms with Crippen molar-refractivity contribution in [3.05, 3.63) is 76.3 Å². The molecule has 0 saturated carbocycles. The molecule has 2 amide bonds. The van der Waals surface area contributed by atoms with Gasteiger partial charge in [-0.2, -0.15) is 0 Å². The number of rotatable bonds is 8. The van der Waals surface area contributed by atoms with Crippen LogP contribution in [0.25, 0.3) is 0 Å². The van der Waals surface area contributed by atoms with Gasteiger partial charge in [0, 0.05) is 10.9 Å². The Hall–Kier alpha value is -3.19. The predicted octanol–water partition coefficient (Wildman–Crippen LogP) is 3.75. The van der Waals surface area contributed by atoms with Crippen molar-refractivity contribution >= 4 is 28.3 Å². The maximum absolute atomic E-state index is 12.1. The molecule has 7 heteroatoms. The minimum atomic E-state index is -0.223. The third-order valence-corrected chi connectivity index (χ3v) is 4.84. The van der Waals surface area contributed by atoms with Crippen molar-refractivity contribution in [1.29, 1.82) is 0 Å². The van der Waals surface area contributed by atoms with E-state index in [2.05, 4.69) is 21.7 Å². The standard InChI is InChI=1S/C22H23N3O3S/c1-15-10-16(2)12-19(11-15)28-9-8-23-20(26)13-18-14-29-22(24-18)25-21(27)17-6-4-3-5-7-17/h3-7,10-12,14H,8-9,13H2,1-2H3,(H,23,26)(H,24,25,27). The lowest BCUT2D eigenvalue weighted by Crippen LogP contribution is -2.29. The lowest BCUT2D eigenvalue weighted by molar-refractivity contribution is -0.120. The summed E-state index contributed by atoms with van der Waals surface area (Å²) in [5.74, 6) is 0.440. The number of anilines is 1.